The van der Waals surface area contributed by atoms with E-state index in [0.717, 1.165) is 4.90 Å². The lowest BCUT2D eigenvalue weighted by atomic mass is 10.1. The SMILES string of the molecule is CN(C(=O)CN1C(=O)c2ccc(Cl)cc2C1=O)c1ccccc1. The topological polar surface area (TPSA) is 57.7 Å². The highest BCUT2D eigenvalue weighted by Gasteiger charge is 2.37. The normalized spacial score (nSPS) is 13.2. The highest BCUT2D eigenvalue weighted by Crippen LogP contribution is 2.26. The van der Waals surface area contributed by atoms with Gasteiger partial charge in [0.15, 0.2) is 0 Å². The van der Waals surface area contributed by atoms with Gasteiger partial charge < -0.3 is 4.90 Å². The standard InChI is InChI=1S/C17H13ClN2O3/c1-19(12-5-3-2-4-6-12)15(21)10-20-16(22)13-8-7-11(18)9-14(13)17(20)23/h2-9H,10H2,1H3. The van der Waals surface area contributed by atoms with Gasteiger partial charge in [-0.15, -0.1) is 0 Å². The number of benzene rings is 2. The third-order valence-corrected chi connectivity index (χ3v) is 3.98. The van der Waals surface area contributed by atoms with Crippen molar-refractivity contribution in [3.8, 4) is 0 Å². The fourth-order valence-electron chi connectivity index (χ4n) is 2.44. The van der Waals surface area contributed by atoms with E-state index in [1.54, 1.807) is 25.2 Å². The summed E-state index contributed by atoms with van der Waals surface area (Å²) in [7, 11) is 1.60. The molecule has 0 saturated carbocycles. The van der Waals surface area contributed by atoms with Gasteiger partial charge in [0, 0.05) is 17.8 Å². The fourth-order valence-corrected chi connectivity index (χ4v) is 2.62. The van der Waals surface area contributed by atoms with E-state index >= 15 is 0 Å². The Hall–Kier alpha value is -2.66. The maximum absolute atomic E-state index is 12.4. The van der Waals surface area contributed by atoms with Gasteiger partial charge in [-0.2, -0.15) is 0 Å². The van der Waals surface area contributed by atoms with Crippen LogP contribution in [0, 0.1) is 0 Å². The number of para-hydroxylation sites is 1. The predicted molar refractivity (Wildman–Crippen MR) is 86.7 cm³/mol. The summed E-state index contributed by atoms with van der Waals surface area (Å²) in [5, 5.41) is 0.375. The first kappa shape index (κ1) is 15.2. The molecule has 0 atom stereocenters. The molecule has 1 heterocycles. The van der Waals surface area contributed by atoms with Crippen LogP contribution in [0.2, 0.25) is 5.02 Å². The second-order valence-electron chi connectivity index (χ2n) is 5.17. The zero-order valence-electron chi connectivity index (χ0n) is 12.3. The van der Waals surface area contributed by atoms with Crippen LogP contribution in [0.1, 0.15) is 20.7 Å². The molecule has 0 fully saturated rings. The maximum Gasteiger partial charge on any atom is 0.262 e. The Morgan fingerprint density at radius 2 is 1.70 bits per heavy atom. The van der Waals surface area contributed by atoms with Crippen molar-refractivity contribution in [3.05, 3.63) is 64.7 Å². The molecule has 0 N–H and O–H groups in total. The van der Waals surface area contributed by atoms with Crippen LogP contribution < -0.4 is 4.90 Å². The summed E-state index contributed by atoms with van der Waals surface area (Å²) in [5.41, 5.74) is 1.20. The quantitative estimate of drug-likeness (QED) is 0.814. The number of rotatable bonds is 3. The average molecular weight is 329 g/mol. The van der Waals surface area contributed by atoms with Crippen molar-refractivity contribution in [1.82, 2.24) is 4.90 Å². The van der Waals surface area contributed by atoms with Crippen LogP contribution in [0.5, 0.6) is 0 Å². The number of anilines is 1. The van der Waals surface area contributed by atoms with E-state index < -0.39 is 11.8 Å². The van der Waals surface area contributed by atoms with E-state index in [2.05, 4.69) is 0 Å². The Labute approximate surface area is 138 Å². The van der Waals surface area contributed by atoms with Gasteiger partial charge >= 0.3 is 0 Å². The average Bonchev–Trinajstić information content (AvgIpc) is 2.79. The van der Waals surface area contributed by atoms with E-state index in [1.165, 1.54) is 17.0 Å². The summed E-state index contributed by atoms with van der Waals surface area (Å²) in [4.78, 5) is 39.4. The van der Waals surface area contributed by atoms with Gasteiger partial charge in [-0.05, 0) is 30.3 Å². The zero-order valence-corrected chi connectivity index (χ0v) is 13.1. The van der Waals surface area contributed by atoms with E-state index in [9.17, 15) is 14.4 Å². The zero-order chi connectivity index (χ0) is 16.6. The second kappa shape index (κ2) is 5.85. The van der Waals surface area contributed by atoms with Gasteiger partial charge in [-0.1, -0.05) is 29.8 Å². The molecule has 3 rings (SSSR count). The molecule has 0 unspecified atom stereocenters. The molecular formula is C17H13ClN2O3. The summed E-state index contributed by atoms with van der Waals surface area (Å²) in [6.45, 7) is -0.310. The van der Waals surface area contributed by atoms with Crippen LogP contribution in [-0.4, -0.2) is 36.2 Å². The molecule has 2 aromatic carbocycles. The lowest BCUT2D eigenvalue weighted by molar-refractivity contribution is -0.118. The summed E-state index contributed by atoms with van der Waals surface area (Å²) >= 11 is 5.86. The minimum absolute atomic E-state index is 0.234. The summed E-state index contributed by atoms with van der Waals surface area (Å²) in [6.07, 6.45) is 0. The summed E-state index contributed by atoms with van der Waals surface area (Å²) in [6, 6.07) is 13.5. The van der Waals surface area contributed by atoms with Crippen molar-refractivity contribution in [1.29, 1.82) is 0 Å². The molecule has 23 heavy (non-hydrogen) atoms. The molecule has 0 saturated heterocycles. The molecule has 1 aliphatic rings. The number of hydrogen-bond acceptors (Lipinski definition) is 3. The largest absolute Gasteiger partial charge is 0.314 e. The van der Waals surface area contributed by atoms with E-state index in [0.29, 0.717) is 10.7 Å². The van der Waals surface area contributed by atoms with Crippen LogP contribution in [-0.2, 0) is 4.79 Å². The van der Waals surface area contributed by atoms with Crippen LogP contribution >= 0.6 is 11.6 Å². The Balaban J connectivity index is 1.80. The van der Waals surface area contributed by atoms with Gasteiger partial charge in [-0.3, -0.25) is 19.3 Å². The number of likely N-dealkylation sites (N-methyl/N-ethyl adjacent to an activating group) is 1. The van der Waals surface area contributed by atoms with Crippen molar-refractivity contribution >= 4 is 35.0 Å². The lowest BCUT2D eigenvalue weighted by Crippen LogP contribution is -2.41. The van der Waals surface area contributed by atoms with Gasteiger partial charge in [0.25, 0.3) is 11.8 Å². The molecular weight excluding hydrogens is 316 g/mol. The number of halogens is 1. The molecule has 3 amide bonds. The highest BCUT2D eigenvalue weighted by atomic mass is 35.5. The predicted octanol–water partition coefficient (Wildman–Crippen LogP) is 2.60. The molecule has 0 aliphatic carbocycles. The van der Waals surface area contributed by atoms with Crippen molar-refractivity contribution < 1.29 is 14.4 Å². The molecule has 1 aliphatic heterocycles. The number of carbonyl (C=O) groups is 3. The molecule has 2 aromatic rings. The molecule has 0 spiro atoms. The molecule has 0 radical (unpaired) electrons. The molecule has 5 nitrogen and oxygen atoms in total. The minimum atomic E-state index is -0.498. The number of carbonyl (C=O) groups excluding carboxylic acids is 3. The maximum atomic E-state index is 12.4. The summed E-state index contributed by atoms with van der Waals surface area (Å²) in [5.74, 6) is -1.32. The monoisotopic (exact) mass is 328 g/mol. The number of hydrogen-bond donors (Lipinski definition) is 0. The first-order valence-electron chi connectivity index (χ1n) is 6.96. The van der Waals surface area contributed by atoms with Gasteiger partial charge in [0.05, 0.1) is 11.1 Å². The van der Waals surface area contributed by atoms with E-state index in [-0.39, 0.29) is 23.6 Å². The Morgan fingerprint density at radius 3 is 2.39 bits per heavy atom. The number of amides is 3. The van der Waals surface area contributed by atoms with Gasteiger partial charge in [0.1, 0.15) is 6.54 Å². The van der Waals surface area contributed by atoms with Crippen LogP contribution in [0.25, 0.3) is 0 Å². The Kier molecular flexibility index (Phi) is 3.88. The lowest BCUT2D eigenvalue weighted by Gasteiger charge is -2.20. The van der Waals surface area contributed by atoms with Crippen molar-refractivity contribution in [2.24, 2.45) is 0 Å². The third kappa shape index (κ3) is 2.71. The second-order valence-corrected chi connectivity index (χ2v) is 5.61. The molecule has 116 valence electrons. The molecule has 0 bridgehead atoms. The smallest absolute Gasteiger partial charge is 0.262 e. The molecule has 0 aromatic heterocycles. The number of fused-ring (bicyclic) bond motifs is 1. The van der Waals surface area contributed by atoms with Crippen LogP contribution in [0.3, 0.4) is 0 Å². The first-order chi connectivity index (χ1) is 11.0. The fraction of sp³-hybridized carbons (Fsp3) is 0.118. The van der Waals surface area contributed by atoms with Crippen LogP contribution in [0.4, 0.5) is 5.69 Å². The van der Waals surface area contributed by atoms with E-state index in [1.807, 2.05) is 18.2 Å². The van der Waals surface area contributed by atoms with Crippen molar-refractivity contribution in [2.45, 2.75) is 0 Å². The third-order valence-electron chi connectivity index (χ3n) is 3.74. The van der Waals surface area contributed by atoms with E-state index in [4.69, 9.17) is 11.6 Å². The minimum Gasteiger partial charge on any atom is -0.314 e. The van der Waals surface area contributed by atoms with Gasteiger partial charge in [0.2, 0.25) is 5.91 Å². The van der Waals surface area contributed by atoms with Crippen LogP contribution in [0.15, 0.2) is 48.5 Å². The molecule has 6 heteroatoms. The van der Waals surface area contributed by atoms with Crippen molar-refractivity contribution in [3.63, 3.8) is 0 Å². The number of nitrogens with zero attached hydrogens (tertiary/aromatic N) is 2. The number of imide groups is 1. The highest BCUT2D eigenvalue weighted by molar-refractivity contribution is 6.32. The first-order valence-corrected chi connectivity index (χ1v) is 7.34. The van der Waals surface area contributed by atoms with Crippen molar-refractivity contribution in [2.75, 3.05) is 18.5 Å². The summed E-state index contributed by atoms with van der Waals surface area (Å²) < 4.78 is 0. The Bertz CT molecular complexity index is 805. The Morgan fingerprint density at radius 1 is 1.04 bits per heavy atom. The van der Waals surface area contributed by atoms with Gasteiger partial charge in [-0.25, -0.2) is 0 Å².